The Morgan fingerprint density at radius 1 is 1.17 bits per heavy atom. The lowest BCUT2D eigenvalue weighted by Gasteiger charge is -2.37. The van der Waals surface area contributed by atoms with Crippen LogP contribution in [0, 0.1) is 0 Å². The summed E-state index contributed by atoms with van der Waals surface area (Å²) in [5.74, 6) is -0.865. The fraction of sp³-hybridized carbons (Fsp3) is 0.400. The first-order valence-electron chi connectivity index (χ1n) is 7.32. The van der Waals surface area contributed by atoms with Crippen molar-refractivity contribution in [3.8, 4) is 5.75 Å². The SMILES string of the molecule is [2H]/C(=C\C(=O)OC[C@H]1OC(O)[C@H](O)[C@@H](O)[C@H]1O)c1ccc(O)cc1. The third-order valence-corrected chi connectivity index (χ3v) is 3.30. The molecule has 1 saturated heterocycles. The molecule has 1 aliphatic rings. The fourth-order valence-corrected chi connectivity index (χ4v) is 1.97. The zero-order valence-corrected chi connectivity index (χ0v) is 11.9. The first-order chi connectivity index (χ1) is 11.3. The molecule has 0 aliphatic carbocycles. The lowest BCUT2D eigenvalue weighted by atomic mass is 9.99. The minimum absolute atomic E-state index is 0.0249. The summed E-state index contributed by atoms with van der Waals surface area (Å²) in [6.45, 7) is -0.486. The Morgan fingerprint density at radius 3 is 2.48 bits per heavy atom. The van der Waals surface area contributed by atoms with Gasteiger partial charge in [0.1, 0.15) is 36.8 Å². The van der Waals surface area contributed by atoms with Crippen LogP contribution in [0.25, 0.3) is 6.05 Å². The number of aromatic hydroxyl groups is 1. The van der Waals surface area contributed by atoms with E-state index in [1.165, 1.54) is 24.3 Å². The van der Waals surface area contributed by atoms with Gasteiger partial charge in [-0.05, 0) is 23.7 Å². The molecule has 0 radical (unpaired) electrons. The van der Waals surface area contributed by atoms with Gasteiger partial charge in [0.25, 0.3) is 0 Å². The van der Waals surface area contributed by atoms with Gasteiger partial charge in [0.2, 0.25) is 0 Å². The van der Waals surface area contributed by atoms with E-state index in [0.29, 0.717) is 5.56 Å². The van der Waals surface area contributed by atoms with Crippen molar-refractivity contribution in [1.82, 2.24) is 0 Å². The molecule has 1 aromatic rings. The van der Waals surface area contributed by atoms with Gasteiger partial charge in [0, 0.05) is 6.08 Å². The second kappa shape index (κ2) is 7.53. The number of hydrogen-bond acceptors (Lipinski definition) is 8. The van der Waals surface area contributed by atoms with Crippen molar-refractivity contribution in [3.05, 3.63) is 35.9 Å². The molecule has 1 aliphatic heterocycles. The lowest BCUT2D eigenvalue weighted by Crippen LogP contribution is -2.58. The predicted octanol–water partition coefficient (Wildman–Crippen LogP) is -1.25. The van der Waals surface area contributed by atoms with Crippen molar-refractivity contribution in [2.24, 2.45) is 0 Å². The van der Waals surface area contributed by atoms with Crippen molar-refractivity contribution >= 4 is 12.0 Å². The minimum atomic E-state index is -1.72. The predicted molar refractivity (Wildman–Crippen MR) is 77.0 cm³/mol. The topological polar surface area (TPSA) is 137 Å². The maximum Gasteiger partial charge on any atom is 0.330 e. The summed E-state index contributed by atoms with van der Waals surface area (Å²) in [5, 5.41) is 47.1. The van der Waals surface area contributed by atoms with E-state index in [9.17, 15) is 25.2 Å². The number of phenols is 1. The second-order valence-corrected chi connectivity index (χ2v) is 5.00. The van der Waals surface area contributed by atoms with Gasteiger partial charge >= 0.3 is 5.97 Å². The van der Waals surface area contributed by atoms with Crippen LogP contribution in [-0.4, -0.2) is 68.8 Å². The second-order valence-electron chi connectivity index (χ2n) is 5.00. The molecule has 23 heavy (non-hydrogen) atoms. The number of aliphatic hydroxyl groups is 4. The van der Waals surface area contributed by atoms with Crippen LogP contribution in [0.3, 0.4) is 0 Å². The molecule has 5 N–H and O–H groups in total. The van der Waals surface area contributed by atoms with Crippen LogP contribution in [0.15, 0.2) is 30.3 Å². The summed E-state index contributed by atoms with van der Waals surface area (Å²) >= 11 is 0. The number of carbonyl (C=O) groups is 1. The van der Waals surface area contributed by atoms with Crippen LogP contribution in [-0.2, 0) is 14.3 Å². The molecular formula is C15H18O8. The van der Waals surface area contributed by atoms with Crippen LogP contribution >= 0.6 is 0 Å². The Labute approximate surface area is 133 Å². The smallest absolute Gasteiger partial charge is 0.330 e. The number of aliphatic hydroxyl groups excluding tert-OH is 4. The third-order valence-electron chi connectivity index (χ3n) is 3.30. The number of hydrogen-bond donors (Lipinski definition) is 5. The molecule has 1 heterocycles. The van der Waals surface area contributed by atoms with Crippen molar-refractivity contribution in [2.75, 3.05) is 6.61 Å². The molecule has 1 aromatic carbocycles. The highest BCUT2D eigenvalue weighted by molar-refractivity contribution is 5.87. The number of carbonyl (C=O) groups excluding carboxylic acids is 1. The summed E-state index contributed by atoms with van der Waals surface area (Å²) in [6, 6.07) is 5.47. The maximum atomic E-state index is 11.7. The van der Waals surface area contributed by atoms with Crippen molar-refractivity contribution in [3.63, 3.8) is 0 Å². The lowest BCUT2D eigenvalue weighted by molar-refractivity contribution is -0.287. The average Bonchev–Trinajstić information content (AvgIpc) is 2.55. The van der Waals surface area contributed by atoms with Crippen molar-refractivity contribution < 1.29 is 41.2 Å². The Bertz CT molecular complexity index is 602. The third kappa shape index (κ3) is 4.50. The molecule has 0 saturated carbocycles. The van der Waals surface area contributed by atoms with Crippen LogP contribution < -0.4 is 0 Å². The molecule has 126 valence electrons. The number of esters is 1. The molecule has 2 rings (SSSR count). The van der Waals surface area contributed by atoms with Gasteiger partial charge in [-0.15, -0.1) is 0 Å². The number of rotatable bonds is 4. The summed E-state index contributed by atoms with van der Waals surface area (Å²) in [5.41, 5.74) is 0.382. The fourth-order valence-electron chi connectivity index (χ4n) is 1.97. The van der Waals surface area contributed by atoms with Crippen molar-refractivity contribution in [2.45, 2.75) is 30.7 Å². The van der Waals surface area contributed by atoms with Crippen LogP contribution in [0.4, 0.5) is 0 Å². The normalized spacial score (nSPS) is 32.3. The van der Waals surface area contributed by atoms with E-state index in [0.717, 1.165) is 6.08 Å². The molecule has 0 bridgehead atoms. The monoisotopic (exact) mass is 327 g/mol. The molecule has 0 amide bonds. The molecule has 8 nitrogen and oxygen atoms in total. The summed E-state index contributed by atoms with van der Waals surface area (Å²) < 4.78 is 17.4. The van der Waals surface area contributed by atoms with Gasteiger partial charge in [-0.3, -0.25) is 0 Å². The summed E-state index contributed by atoms with van der Waals surface area (Å²) in [6.07, 6.45) is -6.90. The first kappa shape index (κ1) is 15.9. The van der Waals surface area contributed by atoms with Gasteiger partial charge in [0.05, 0.1) is 1.37 Å². The van der Waals surface area contributed by atoms with Crippen LogP contribution in [0.5, 0.6) is 5.75 Å². The highest BCUT2D eigenvalue weighted by atomic mass is 16.6. The standard InChI is InChI=1S/C15H18O8/c16-9-4-1-8(2-5-9)3-6-11(17)22-7-10-12(18)13(19)14(20)15(21)23-10/h1-6,10,12-16,18-21H,7H2/b6-3+/t10-,12+,13+,14-,15?/m1/s1/i3D. The first-order valence-corrected chi connectivity index (χ1v) is 6.82. The zero-order chi connectivity index (χ0) is 17.9. The zero-order valence-electron chi connectivity index (χ0n) is 12.9. The van der Waals surface area contributed by atoms with Gasteiger partial charge in [-0.25, -0.2) is 4.79 Å². The Morgan fingerprint density at radius 2 is 1.83 bits per heavy atom. The maximum absolute atomic E-state index is 11.7. The van der Waals surface area contributed by atoms with E-state index in [1.54, 1.807) is 0 Å². The van der Waals surface area contributed by atoms with Gasteiger partial charge in [0.15, 0.2) is 6.29 Å². The number of ether oxygens (including phenoxy) is 2. The molecule has 1 fully saturated rings. The highest BCUT2D eigenvalue weighted by Gasteiger charge is 2.43. The largest absolute Gasteiger partial charge is 0.508 e. The molecule has 5 atom stereocenters. The molecular weight excluding hydrogens is 308 g/mol. The van der Waals surface area contributed by atoms with E-state index in [1.807, 2.05) is 0 Å². The Hall–Kier alpha value is -1.97. The number of phenolic OH excluding ortho intramolecular Hbond substituents is 1. The molecule has 8 heteroatoms. The Kier molecular flexibility index (Phi) is 5.21. The van der Waals surface area contributed by atoms with Crippen LogP contribution in [0.1, 0.15) is 6.93 Å². The van der Waals surface area contributed by atoms with Gasteiger partial charge in [-0.1, -0.05) is 12.1 Å². The van der Waals surface area contributed by atoms with Gasteiger partial charge in [-0.2, -0.15) is 0 Å². The van der Waals surface area contributed by atoms with E-state index >= 15 is 0 Å². The van der Waals surface area contributed by atoms with E-state index < -0.39 is 43.3 Å². The molecule has 0 spiro atoms. The summed E-state index contributed by atoms with van der Waals surface area (Å²) in [4.78, 5) is 11.7. The van der Waals surface area contributed by atoms with E-state index in [-0.39, 0.29) is 11.8 Å². The minimum Gasteiger partial charge on any atom is -0.508 e. The van der Waals surface area contributed by atoms with Crippen LogP contribution in [0.2, 0.25) is 0 Å². The molecule has 0 aromatic heterocycles. The molecule has 1 unspecified atom stereocenters. The van der Waals surface area contributed by atoms with Gasteiger partial charge < -0.3 is 35.0 Å². The number of benzene rings is 1. The van der Waals surface area contributed by atoms with Crippen molar-refractivity contribution in [1.29, 1.82) is 0 Å². The quantitative estimate of drug-likeness (QED) is 0.342. The highest BCUT2D eigenvalue weighted by Crippen LogP contribution is 2.20. The Balaban J connectivity index is 1.93. The summed E-state index contributed by atoms with van der Waals surface area (Å²) in [7, 11) is 0. The van der Waals surface area contributed by atoms with E-state index in [4.69, 9.17) is 16.0 Å². The van der Waals surface area contributed by atoms with E-state index in [2.05, 4.69) is 0 Å². The average molecular weight is 327 g/mol.